The summed E-state index contributed by atoms with van der Waals surface area (Å²) >= 11 is 0. The standard InChI is InChI=1S/C21H34N2O3/c1-5-10-21(4,6-2)19(25)22-15-20(3)11-12-23(16-20)18(24)8-7-17-9-13-26-14-17/h9,13-14H,5-8,10-12,15-16H2,1-4H3,(H,22,25). The highest BCUT2D eigenvalue weighted by Gasteiger charge is 2.38. The number of amides is 2. The molecule has 0 radical (unpaired) electrons. The van der Waals surface area contributed by atoms with Gasteiger partial charge in [0.05, 0.1) is 12.5 Å². The van der Waals surface area contributed by atoms with Gasteiger partial charge in [-0.3, -0.25) is 9.59 Å². The molecule has 2 amide bonds. The minimum atomic E-state index is -0.288. The number of rotatable bonds is 9. The predicted molar refractivity (Wildman–Crippen MR) is 103 cm³/mol. The van der Waals surface area contributed by atoms with Gasteiger partial charge in [-0.25, -0.2) is 0 Å². The summed E-state index contributed by atoms with van der Waals surface area (Å²) in [6.45, 7) is 10.5. The largest absolute Gasteiger partial charge is 0.472 e. The third-order valence-corrected chi connectivity index (χ3v) is 5.92. The van der Waals surface area contributed by atoms with E-state index >= 15 is 0 Å². The zero-order valence-corrected chi connectivity index (χ0v) is 16.8. The lowest BCUT2D eigenvalue weighted by molar-refractivity contribution is -0.131. The second-order valence-corrected chi connectivity index (χ2v) is 8.35. The topological polar surface area (TPSA) is 62.6 Å². The van der Waals surface area contributed by atoms with E-state index in [1.807, 2.05) is 11.0 Å². The van der Waals surface area contributed by atoms with E-state index in [0.717, 1.165) is 37.8 Å². The van der Waals surface area contributed by atoms with Gasteiger partial charge in [-0.2, -0.15) is 0 Å². The number of hydrogen-bond donors (Lipinski definition) is 1. The molecule has 146 valence electrons. The van der Waals surface area contributed by atoms with Crippen LogP contribution in [0.4, 0.5) is 0 Å². The molecule has 2 rings (SSSR count). The van der Waals surface area contributed by atoms with Crippen molar-refractivity contribution in [2.24, 2.45) is 10.8 Å². The molecule has 0 saturated carbocycles. The Hall–Kier alpha value is -1.78. The minimum absolute atomic E-state index is 0.0399. The van der Waals surface area contributed by atoms with Crippen molar-refractivity contribution < 1.29 is 14.0 Å². The first kappa shape index (κ1) is 20.5. The van der Waals surface area contributed by atoms with E-state index in [1.54, 1.807) is 12.5 Å². The summed E-state index contributed by atoms with van der Waals surface area (Å²) in [6.07, 6.45) is 8.25. The highest BCUT2D eigenvalue weighted by atomic mass is 16.3. The summed E-state index contributed by atoms with van der Waals surface area (Å²) in [5, 5.41) is 3.17. The number of aryl methyl sites for hydroxylation is 1. The zero-order valence-electron chi connectivity index (χ0n) is 16.8. The van der Waals surface area contributed by atoms with E-state index in [9.17, 15) is 9.59 Å². The summed E-state index contributed by atoms with van der Waals surface area (Å²) in [5.74, 6) is 0.332. The molecule has 5 nitrogen and oxygen atoms in total. The molecule has 1 aromatic rings. The van der Waals surface area contributed by atoms with E-state index in [0.29, 0.717) is 25.9 Å². The summed E-state index contributed by atoms with van der Waals surface area (Å²) in [4.78, 5) is 27.0. The Balaban J connectivity index is 1.81. The first-order valence-corrected chi connectivity index (χ1v) is 9.89. The molecule has 2 unspecified atom stereocenters. The predicted octanol–water partition coefficient (Wildman–Crippen LogP) is 3.78. The molecular formula is C21H34N2O3. The van der Waals surface area contributed by atoms with Crippen molar-refractivity contribution in [2.45, 2.75) is 66.2 Å². The average molecular weight is 363 g/mol. The van der Waals surface area contributed by atoms with Crippen molar-refractivity contribution in [3.63, 3.8) is 0 Å². The van der Waals surface area contributed by atoms with Crippen molar-refractivity contribution in [3.05, 3.63) is 24.2 Å². The molecule has 0 aromatic carbocycles. The van der Waals surface area contributed by atoms with E-state index in [-0.39, 0.29) is 22.6 Å². The van der Waals surface area contributed by atoms with Crippen LogP contribution >= 0.6 is 0 Å². The van der Waals surface area contributed by atoms with Crippen molar-refractivity contribution >= 4 is 11.8 Å². The van der Waals surface area contributed by atoms with Crippen LogP contribution in [0.3, 0.4) is 0 Å². The van der Waals surface area contributed by atoms with Crippen LogP contribution in [0.1, 0.15) is 65.4 Å². The first-order valence-electron chi connectivity index (χ1n) is 9.89. The molecule has 1 saturated heterocycles. The van der Waals surface area contributed by atoms with Gasteiger partial charge in [0.1, 0.15) is 0 Å². The van der Waals surface area contributed by atoms with E-state index < -0.39 is 0 Å². The van der Waals surface area contributed by atoms with E-state index in [4.69, 9.17) is 4.42 Å². The van der Waals surface area contributed by atoms with Gasteiger partial charge in [-0.1, -0.05) is 34.1 Å². The van der Waals surface area contributed by atoms with Crippen molar-refractivity contribution in [1.82, 2.24) is 10.2 Å². The van der Waals surface area contributed by atoms with Gasteiger partial charge in [-0.05, 0) is 37.3 Å². The van der Waals surface area contributed by atoms with Crippen LogP contribution in [-0.4, -0.2) is 36.3 Å². The number of nitrogens with one attached hydrogen (secondary N) is 1. The molecule has 1 fully saturated rings. The van der Waals surface area contributed by atoms with Crippen LogP contribution in [0.2, 0.25) is 0 Å². The molecule has 2 heterocycles. The maximum absolute atomic E-state index is 12.6. The Bertz CT molecular complexity index is 598. The third-order valence-electron chi connectivity index (χ3n) is 5.92. The fraction of sp³-hybridized carbons (Fsp3) is 0.714. The maximum atomic E-state index is 12.6. The molecule has 26 heavy (non-hydrogen) atoms. The Morgan fingerprint density at radius 3 is 2.77 bits per heavy atom. The number of likely N-dealkylation sites (tertiary alicyclic amines) is 1. The Labute approximate surface area is 157 Å². The summed E-state index contributed by atoms with van der Waals surface area (Å²) < 4.78 is 5.05. The van der Waals surface area contributed by atoms with Crippen LogP contribution in [0.25, 0.3) is 0 Å². The van der Waals surface area contributed by atoms with Gasteiger partial charge in [0.15, 0.2) is 0 Å². The van der Waals surface area contributed by atoms with E-state index in [1.165, 1.54) is 0 Å². The normalized spacial score (nSPS) is 22.2. The van der Waals surface area contributed by atoms with Crippen molar-refractivity contribution in [3.8, 4) is 0 Å². The number of carbonyl (C=O) groups excluding carboxylic acids is 2. The van der Waals surface area contributed by atoms with Gasteiger partial charge >= 0.3 is 0 Å². The zero-order chi connectivity index (χ0) is 19.2. The monoisotopic (exact) mass is 362 g/mol. The Kier molecular flexibility index (Phi) is 6.90. The van der Waals surface area contributed by atoms with E-state index in [2.05, 4.69) is 33.0 Å². The Morgan fingerprint density at radius 1 is 1.38 bits per heavy atom. The lowest BCUT2D eigenvalue weighted by atomic mass is 9.81. The quantitative estimate of drug-likeness (QED) is 0.727. The van der Waals surface area contributed by atoms with Crippen molar-refractivity contribution in [2.75, 3.05) is 19.6 Å². The van der Waals surface area contributed by atoms with Crippen LogP contribution in [-0.2, 0) is 16.0 Å². The molecule has 1 aliphatic rings. The minimum Gasteiger partial charge on any atom is -0.472 e. The van der Waals surface area contributed by atoms with Crippen molar-refractivity contribution in [1.29, 1.82) is 0 Å². The van der Waals surface area contributed by atoms with Gasteiger partial charge in [0, 0.05) is 36.9 Å². The molecule has 0 bridgehead atoms. The van der Waals surface area contributed by atoms with Gasteiger partial charge in [-0.15, -0.1) is 0 Å². The lowest BCUT2D eigenvalue weighted by Gasteiger charge is -2.30. The fourth-order valence-electron chi connectivity index (χ4n) is 3.73. The molecule has 1 aliphatic heterocycles. The summed E-state index contributed by atoms with van der Waals surface area (Å²) in [7, 11) is 0. The molecular weight excluding hydrogens is 328 g/mol. The first-order chi connectivity index (χ1) is 12.3. The average Bonchev–Trinajstić information content (AvgIpc) is 3.28. The van der Waals surface area contributed by atoms with Crippen LogP contribution in [0.15, 0.2) is 23.0 Å². The number of hydrogen-bond acceptors (Lipinski definition) is 3. The number of carbonyl (C=O) groups is 2. The molecule has 2 atom stereocenters. The van der Waals surface area contributed by atoms with Gasteiger partial charge in [0.2, 0.25) is 11.8 Å². The smallest absolute Gasteiger partial charge is 0.225 e. The Morgan fingerprint density at radius 2 is 2.15 bits per heavy atom. The summed E-state index contributed by atoms with van der Waals surface area (Å²) in [6, 6.07) is 1.90. The second-order valence-electron chi connectivity index (χ2n) is 8.35. The van der Waals surface area contributed by atoms with Crippen LogP contribution < -0.4 is 5.32 Å². The molecule has 5 heteroatoms. The highest BCUT2D eigenvalue weighted by molar-refractivity contribution is 5.82. The maximum Gasteiger partial charge on any atom is 0.225 e. The molecule has 0 aliphatic carbocycles. The molecule has 1 N–H and O–H groups in total. The number of furan rings is 1. The van der Waals surface area contributed by atoms with Crippen LogP contribution in [0.5, 0.6) is 0 Å². The van der Waals surface area contributed by atoms with Crippen LogP contribution in [0, 0.1) is 10.8 Å². The SMILES string of the molecule is CCCC(C)(CC)C(=O)NCC1(C)CCN(C(=O)CCc2ccoc2)C1. The third kappa shape index (κ3) is 5.12. The number of nitrogens with zero attached hydrogens (tertiary/aromatic N) is 1. The van der Waals surface area contributed by atoms with Gasteiger partial charge < -0.3 is 14.6 Å². The lowest BCUT2D eigenvalue weighted by Crippen LogP contribution is -2.44. The fourth-order valence-corrected chi connectivity index (χ4v) is 3.73. The highest BCUT2D eigenvalue weighted by Crippen LogP contribution is 2.31. The molecule has 0 spiro atoms. The second kappa shape index (κ2) is 8.74. The summed E-state index contributed by atoms with van der Waals surface area (Å²) in [5.41, 5.74) is 0.730. The van der Waals surface area contributed by atoms with Gasteiger partial charge in [0.25, 0.3) is 0 Å². The molecule has 1 aromatic heterocycles.